The summed E-state index contributed by atoms with van der Waals surface area (Å²) in [7, 11) is 0. The van der Waals surface area contributed by atoms with Crippen molar-refractivity contribution in [1.29, 1.82) is 0 Å². The van der Waals surface area contributed by atoms with Gasteiger partial charge in [-0.3, -0.25) is 19.2 Å². The van der Waals surface area contributed by atoms with Gasteiger partial charge < -0.3 is 36.9 Å². The van der Waals surface area contributed by atoms with Crippen molar-refractivity contribution in [1.82, 2.24) is 20.9 Å². The summed E-state index contributed by atoms with van der Waals surface area (Å²) in [5, 5.41) is 26.8. The van der Waals surface area contributed by atoms with Crippen molar-refractivity contribution in [3.63, 3.8) is 0 Å². The topological polar surface area (TPSA) is 204 Å². The highest BCUT2D eigenvalue weighted by molar-refractivity contribution is 5.95. The van der Waals surface area contributed by atoms with Crippen molar-refractivity contribution >= 4 is 40.6 Å². The van der Waals surface area contributed by atoms with E-state index in [1.807, 2.05) is 44.2 Å². The molecule has 12 nitrogen and oxygen atoms in total. The molecule has 3 amide bonds. The summed E-state index contributed by atoms with van der Waals surface area (Å²) in [6, 6.07) is 11.6. The Labute approximate surface area is 243 Å². The summed E-state index contributed by atoms with van der Waals surface area (Å²) < 4.78 is 0. The number of carbonyl (C=O) groups is 5. The number of amides is 3. The van der Waals surface area contributed by atoms with Crippen LogP contribution >= 0.6 is 0 Å². The van der Waals surface area contributed by atoms with E-state index in [0.29, 0.717) is 0 Å². The van der Waals surface area contributed by atoms with Gasteiger partial charge in [0.15, 0.2) is 0 Å². The number of nitrogens with two attached hydrogens (primary N) is 1. The third-order valence-corrected chi connectivity index (χ3v) is 6.70. The van der Waals surface area contributed by atoms with Crippen LogP contribution in [0.15, 0.2) is 60.8 Å². The third-order valence-electron chi connectivity index (χ3n) is 6.70. The fraction of sp³-hybridized carbons (Fsp3) is 0.367. The van der Waals surface area contributed by atoms with E-state index in [2.05, 4.69) is 20.9 Å². The van der Waals surface area contributed by atoms with Crippen LogP contribution in [-0.2, 0) is 36.8 Å². The molecule has 42 heavy (non-hydrogen) atoms. The van der Waals surface area contributed by atoms with Crippen LogP contribution in [0.5, 0.6) is 0 Å². The maximum Gasteiger partial charge on any atom is 0.326 e. The van der Waals surface area contributed by atoms with Crippen LogP contribution in [-0.4, -0.2) is 69.0 Å². The number of H-pyrrole nitrogens is 1. The number of aromatic amines is 1. The number of aliphatic carboxylic acids is 2. The Bertz CT molecular complexity index is 1410. The van der Waals surface area contributed by atoms with Gasteiger partial charge in [0.2, 0.25) is 17.7 Å². The van der Waals surface area contributed by atoms with Gasteiger partial charge in [-0.1, -0.05) is 62.4 Å². The molecule has 8 N–H and O–H groups in total. The molecule has 0 saturated carbocycles. The van der Waals surface area contributed by atoms with E-state index in [9.17, 15) is 29.1 Å². The van der Waals surface area contributed by atoms with E-state index in [1.54, 1.807) is 30.5 Å². The highest BCUT2D eigenvalue weighted by Crippen LogP contribution is 2.19. The molecule has 0 radical (unpaired) electrons. The monoisotopic (exact) mass is 579 g/mol. The number of hydrogen-bond acceptors (Lipinski definition) is 6. The summed E-state index contributed by atoms with van der Waals surface area (Å²) in [6.07, 6.45) is 1.42. The van der Waals surface area contributed by atoms with Gasteiger partial charge in [-0.15, -0.1) is 0 Å². The standard InChI is InChI=1S/C30H37N5O7/c1-17(2)12-23(28(39)35-25(30(41)42)15-26(36)37)34-29(40)24(13-18-8-4-3-5-9-18)33-27(38)21(31)14-19-16-32-22-11-7-6-10-20(19)22/h3-11,16-17,21,23-25,32H,12-15,31H2,1-2H3,(H,33,38)(H,34,40)(H,35,39)(H,36,37)(H,41,42). The molecule has 0 aliphatic rings. The minimum Gasteiger partial charge on any atom is -0.481 e. The molecule has 0 spiro atoms. The lowest BCUT2D eigenvalue weighted by Gasteiger charge is -2.26. The van der Waals surface area contributed by atoms with Crippen molar-refractivity contribution in [3.8, 4) is 0 Å². The first kappa shape index (κ1) is 31.8. The number of hydrogen-bond donors (Lipinski definition) is 7. The zero-order valence-corrected chi connectivity index (χ0v) is 23.5. The van der Waals surface area contributed by atoms with Crippen molar-refractivity contribution in [2.75, 3.05) is 0 Å². The largest absolute Gasteiger partial charge is 0.481 e. The average Bonchev–Trinajstić information content (AvgIpc) is 3.34. The van der Waals surface area contributed by atoms with Gasteiger partial charge >= 0.3 is 11.9 Å². The quantitative estimate of drug-likeness (QED) is 0.140. The molecule has 12 heteroatoms. The van der Waals surface area contributed by atoms with Gasteiger partial charge in [-0.05, 0) is 36.0 Å². The Morgan fingerprint density at radius 2 is 1.38 bits per heavy atom. The maximum absolute atomic E-state index is 13.5. The minimum atomic E-state index is -1.68. The van der Waals surface area contributed by atoms with E-state index in [4.69, 9.17) is 10.8 Å². The molecule has 2 aromatic carbocycles. The summed E-state index contributed by atoms with van der Waals surface area (Å²) in [6.45, 7) is 3.62. The lowest BCUT2D eigenvalue weighted by molar-refractivity contribution is -0.147. The summed E-state index contributed by atoms with van der Waals surface area (Å²) >= 11 is 0. The molecular weight excluding hydrogens is 542 g/mol. The molecule has 4 unspecified atom stereocenters. The zero-order valence-electron chi connectivity index (χ0n) is 23.5. The lowest BCUT2D eigenvalue weighted by atomic mass is 10.00. The number of nitrogens with one attached hydrogen (secondary N) is 4. The first-order chi connectivity index (χ1) is 19.9. The predicted molar refractivity (Wildman–Crippen MR) is 155 cm³/mol. The van der Waals surface area contributed by atoms with Crippen molar-refractivity contribution in [3.05, 3.63) is 71.9 Å². The highest BCUT2D eigenvalue weighted by Gasteiger charge is 2.31. The Balaban J connectivity index is 1.77. The van der Waals surface area contributed by atoms with Crippen molar-refractivity contribution in [2.24, 2.45) is 11.7 Å². The fourth-order valence-electron chi connectivity index (χ4n) is 4.59. The normalized spacial score (nSPS) is 14.0. The van der Waals surface area contributed by atoms with Crippen molar-refractivity contribution < 1.29 is 34.2 Å². The van der Waals surface area contributed by atoms with Gasteiger partial charge in [0.05, 0.1) is 12.5 Å². The van der Waals surface area contributed by atoms with E-state index >= 15 is 0 Å². The van der Waals surface area contributed by atoms with Crippen molar-refractivity contribution in [2.45, 2.75) is 63.7 Å². The first-order valence-electron chi connectivity index (χ1n) is 13.6. The summed E-state index contributed by atoms with van der Waals surface area (Å²) in [5.74, 6) is -5.08. The van der Waals surface area contributed by atoms with Crippen LogP contribution in [0, 0.1) is 5.92 Å². The minimum absolute atomic E-state index is 0.0874. The molecule has 1 heterocycles. The van der Waals surface area contributed by atoms with E-state index in [1.165, 1.54) is 0 Å². The van der Waals surface area contributed by atoms with Crippen LogP contribution in [0.2, 0.25) is 0 Å². The van der Waals surface area contributed by atoms with Crippen LogP contribution < -0.4 is 21.7 Å². The maximum atomic E-state index is 13.5. The number of fused-ring (bicyclic) bond motifs is 1. The first-order valence-corrected chi connectivity index (χ1v) is 13.6. The van der Waals surface area contributed by atoms with Gasteiger partial charge in [-0.25, -0.2) is 4.79 Å². The van der Waals surface area contributed by atoms with E-state index in [0.717, 1.165) is 22.0 Å². The fourth-order valence-corrected chi connectivity index (χ4v) is 4.59. The molecule has 0 fully saturated rings. The number of aromatic nitrogens is 1. The smallest absolute Gasteiger partial charge is 0.326 e. The molecule has 3 rings (SSSR count). The lowest BCUT2D eigenvalue weighted by Crippen LogP contribution is -2.58. The molecule has 0 aliphatic heterocycles. The molecule has 3 aromatic rings. The zero-order chi connectivity index (χ0) is 30.8. The molecule has 0 bridgehead atoms. The molecular formula is C30H37N5O7. The van der Waals surface area contributed by atoms with Gasteiger partial charge in [0.1, 0.15) is 18.1 Å². The van der Waals surface area contributed by atoms with Gasteiger partial charge in [0.25, 0.3) is 0 Å². The Hall–Kier alpha value is -4.71. The second kappa shape index (κ2) is 14.8. The summed E-state index contributed by atoms with van der Waals surface area (Å²) in [5.41, 5.74) is 8.76. The van der Waals surface area contributed by atoms with Crippen LogP contribution in [0.3, 0.4) is 0 Å². The molecule has 0 aliphatic carbocycles. The van der Waals surface area contributed by atoms with Crippen LogP contribution in [0.25, 0.3) is 10.9 Å². The van der Waals surface area contributed by atoms with Crippen LogP contribution in [0.1, 0.15) is 37.8 Å². The number of rotatable bonds is 15. The number of para-hydroxylation sites is 1. The van der Waals surface area contributed by atoms with Crippen LogP contribution in [0.4, 0.5) is 0 Å². The Morgan fingerprint density at radius 1 is 0.786 bits per heavy atom. The third kappa shape index (κ3) is 9.16. The SMILES string of the molecule is CC(C)CC(NC(=O)C(Cc1ccccc1)NC(=O)C(N)Cc1c[nH]c2ccccc12)C(=O)NC(CC(=O)O)C(=O)O. The molecule has 224 valence electrons. The second-order valence-electron chi connectivity index (χ2n) is 10.6. The summed E-state index contributed by atoms with van der Waals surface area (Å²) in [4.78, 5) is 65.5. The predicted octanol–water partition coefficient (Wildman–Crippen LogP) is 1.34. The number of carboxylic acids is 2. The average molecular weight is 580 g/mol. The van der Waals surface area contributed by atoms with Gasteiger partial charge in [0, 0.05) is 23.5 Å². The molecule has 0 saturated heterocycles. The number of benzene rings is 2. The van der Waals surface area contributed by atoms with Gasteiger partial charge in [-0.2, -0.15) is 0 Å². The highest BCUT2D eigenvalue weighted by atomic mass is 16.4. The Kier molecular flexibility index (Phi) is 11.2. The van der Waals surface area contributed by atoms with E-state index < -0.39 is 60.2 Å². The number of carboxylic acid groups (broad SMARTS) is 2. The molecule has 1 aromatic heterocycles. The molecule has 4 atom stereocenters. The second-order valence-corrected chi connectivity index (χ2v) is 10.6. The Morgan fingerprint density at radius 3 is 2.02 bits per heavy atom. The number of carbonyl (C=O) groups excluding carboxylic acids is 3. The van der Waals surface area contributed by atoms with E-state index in [-0.39, 0.29) is 25.2 Å².